The van der Waals surface area contributed by atoms with Gasteiger partial charge in [-0.2, -0.15) is 0 Å². The Hall–Kier alpha value is -2.80. The summed E-state index contributed by atoms with van der Waals surface area (Å²) in [6.45, 7) is 0. The predicted octanol–water partition coefficient (Wildman–Crippen LogP) is 1.22. The van der Waals surface area contributed by atoms with Gasteiger partial charge in [0.2, 0.25) is 0 Å². The van der Waals surface area contributed by atoms with Gasteiger partial charge in [-0.25, -0.2) is 9.78 Å². The van der Waals surface area contributed by atoms with Crippen LogP contribution in [0, 0.1) is 0 Å². The van der Waals surface area contributed by atoms with Crippen LogP contribution in [0.15, 0.2) is 115 Å². The summed E-state index contributed by atoms with van der Waals surface area (Å²) in [5, 5.41) is 3.12. The molecule has 0 saturated carbocycles. The predicted molar refractivity (Wildman–Crippen MR) is 114 cm³/mol. The summed E-state index contributed by atoms with van der Waals surface area (Å²) in [4.78, 5) is 18.5. The lowest BCUT2D eigenvalue weighted by atomic mass is 10.3. The Morgan fingerprint density at radius 1 is 0.571 bits per heavy atom. The number of aromatic nitrogens is 1. The van der Waals surface area contributed by atoms with Crippen LogP contribution in [0.4, 0.5) is 0 Å². The highest BCUT2D eigenvalue weighted by Crippen LogP contribution is 2.57. The molecule has 4 heteroatoms. The summed E-state index contributed by atoms with van der Waals surface area (Å²) in [5.74, 6) is 0. The summed E-state index contributed by atoms with van der Waals surface area (Å²) < 4.78 is 0. The first-order valence-corrected chi connectivity index (χ1v) is 10.6. The highest BCUT2D eigenvalue weighted by Gasteiger charge is 2.54. The SMILES string of the molecule is O=C(c1ccccn1)[P+](c1ccccc1)(c1ccccc1)c1ccccc1.[Cl-]. The molecule has 0 saturated heterocycles. The van der Waals surface area contributed by atoms with E-state index < -0.39 is 7.26 Å². The van der Waals surface area contributed by atoms with Crippen LogP contribution in [-0.2, 0) is 0 Å². The maximum absolute atomic E-state index is 14.1. The van der Waals surface area contributed by atoms with Crippen LogP contribution in [-0.4, -0.2) is 10.5 Å². The van der Waals surface area contributed by atoms with Gasteiger partial charge in [0.25, 0.3) is 0 Å². The highest BCUT2D eigenvalue weighted by molar-refractivity contribution is 8.08. The molecule has 0 fully saturated rings. The van der Waals surface area contributed by atoms with Crippen LogP contribution in [0.25, 0.3) is 0 Å². The largest absolute Gasteiger partial charge is 1.00 e. The molecule has 0 aliphatic rings. The molecule has 0 N–H and O–H groups in total. The third-order valence-electron chi connectivity index (χ3n) is 4.62. The minimum Gasteiger partial charge on any atom is -1.00 e. The van der Waals surface area contributed by atoms with E-state index in [2.05, 4.69) is 41.4 Å². The standard InChI is InChI=1S/C24H19NOP.ClH/c26-24(23-18-10-11-19-25-23)27(20-12-4-1-5-13-20,21-14-6-2-7-15-21)22-16-8-3-9-17-22;/h1-19H;1H/q+1;/p-1. The Balaban J connectivity index is 0.00000225. The lowest BCUT2D eigenvalue weighted by Gasteiger charge is -2.25. The summed E-state index contributed by atoms with van der Waals surface area (Å²) in [6, 6.07) is 35.9. The maximum Gasteiger partial charge on any atom is 0.331 e. The number of carbonyl (C=O) groups excluding carboxylic acids is 1. The number of benzene rings is 3. The molecule has 4 aromatic rings. The van der Waals surface area contributed by atoms with Crippen molar-refractivity contribution < 1.29 is 17.2 Å². The Morgan fingerprint density at radius 3 is 1.32 bits per heavy atom. The van der Waals surface area contributed by atoms with Gasteiger partial charge in [-0.1, -0.05) is 60.7 Å². The van der Waals surface area contributed by atoms with Crippen LogP contribution in [0.1, 0.15) is 10.5 Å². The lowest BCUT2D eigenvalue weighted by molar-refractivity contribution is -0.0000119. The molecule has 1 aromatic heterocycles. The van der Waals surface area contributed by atoms with Gasteiger partial charge in [0.05, 0.1) is 0 Å². The number of nitrogens with zero attached hydrogens (tertiary/aromatic N) is 1. The van der Waals surface area contributed by atoms with E-state index in [1.807, 2.05) is 72.8 Å². The molecule has 138 valence electrons. The summed E-state index contributed by atoms with van der Waals surface area (Å²) in [7, 11) is -2.57. The minimum atomic E-state index is -2.57. The monoisotopic (exact) mass is 403 g/mol. The van der Waals surface area contributed by atoms with Crippen molar-refractivity contribution in [2.24, 2.45) is 0 Å². The molecule has 0 aliphatic heterocycles. The van der Waals surface area contributed by atoms with E-state index in [4.69, 9.17) is 0 Å². The third kappa shape index (κ3) is 3.49. The van der Waals surface area contributed by atoms with Gasteiger partial charge < -0.3 is 12.4 Å². The van der Waals surface area contributed by atoms with Crippen molar-refractivity contribution in [3.05, 3.63) is 121 Å². The third-order valence-corrected chi connectivity index (χ3v) is 8.68. The second-order valence-electron chi connectivity index (χ2n) is 6.20. The number of hydrogen-bond acceptors (Lipinski definition) is 2. The number of rotatable bonds is 5. The molecule has 4 rings (SSSR count). The second kappa shape index (κ2) is 8.93. The summed E-state index contributed by atoms with van der Waals surface area (Å²) in [5.41, 5.74) is 0.578. The van der Waals surface area contributed by atoms with Gasteiger partial charge >= 0.3 is 5.52 Å². The first-order chi connectivity index (χ1) is 13.3. The van der Waals surface area contributed by atoms with Crippen LogP contribution in [0.2, 0.25) is 0 Å². The van der Waals surface area contributed by atoms with E-state index in [-0.39, 0.29) is 17.9 Å². The minimum absolute atomic E-state index is 0. The zero-order valence-corrected chi connectivity index (χ0v) is 16.8. The fourth-order valence-electron chi connectivity index (χ4n) is 3.41. The molecule has 3 aromatic carbocycles. The molecule has 1 heterocycles. The fraction of sp³-hybridized carbons (Fsp3) is 0. The van der Waals surface area contributed by atoms with E-state index in [0.717, 1.165) is 15.9 Å². The molecular weight excluding hydrogens is 385 g/mol. The molecule has 0 spiro atoms. The average molecular weight is 404 g/mol. The normalized spacial score (nSPS) is 10.7. The van der Waals surface area contributed by atoms with Crippen molar-refractivity contribution in [2.75, 3.05) is 0 Å². The topological polar surface area (TPSA) is 30.0 Å². The number of hydrogen-bond donors (Lipinski definition) is 0. The molecule has 0 atom stereocenters. The van der Waals surface area contributed by atoms with Gasteiger partial charge in [0.1, 0.15) is 21.6 Å². The van der Waals surface area contributed by atoms with E-state index in [1.165, 1.54) is 0 Å². The van der Waals surface area contributed by atoms with Crippen molar-refractivity contribution in [1.82, 2.24) is 4.98 Å². The molecule has 0 radical (unpaired) electrons. The number of pyridine rings is 1. The molecule has 0 bridgehead atoms. The highest BCUT2D eigenvalue weighted by atomic mass is 35.5. The zero-order valence-electron chi connectivity index (χ0n) is 15.2. The summed E-state index contributed by atoms with van der Waals surface area (Å²) >= 11 is 0. The number of carbonyl (C=O) groups is 1. The van der Waals surface area contributed by atoms with Crippen molar-refractivity contribution >= 4 is 28.7 Å². The van der Waals surface area contributed by atoms with Gasteiger partial charge in [0, 0.05) is 6.20 Å². The van der Waals surface area contributed by atoms with E-state index in [1.54, 1.807) is 6.20 Å². The van der Waals surface area contributed by atoms with Crippen LogP contribution < -0.4 is 28.3 Å². The van der Waals surface area contributed by atoms with Gasteiger partial charge in [0.15, 0.2) is 7.26 Å². The van der Waals surface area contributed by atoms with E-state index >= 15 is 0 Å². The van der Waals surface area contributed by atoms with Crippen LogP contribution in [0.3, 0.4) is 0 Å². The Labute approximate surface area is 172 Å². The number of halogens is 1. The maximum atomic E-state index is 14.1. The average Bonchev–Trinajstić information content (AvgIpc) is 2.77. The first-order valence-electron chi connectivity index (χ1n) is 8.85. The van der Waals surface area contributed by atoms with E-state index in [9.17, 15) is 4.79 Å². The fourth-order valence-corrected chi connectivity index (χ4v) is 7.35. The Morgan fingerprint density at radius 2 is 0.964 bits per heavy atom. The quantitative estimate of drug-likeness (QED) is 0.469. The Kier molecular flexibility index (Phi) is 6.36. The first kappa shape index (κ1) is 19.9. The van der Waals surface area contributed by atoms with Crippen molar-refractivity contribution in [1.29, 1.82) is 0 Å². The van der Waals surface area contributed by atoms with Crippen molar-refractivity contribution in [3.8, 4) is 0 Å². The van der Waals surface area contributed by atoms with Gasteiger partial charge in [-0.3, -0.25) is 0 Å². The van der Waals surface area contributed by atoms with E-state index in [0.29, 0.717) is 5.69 Å². The zero-order chi connectivity index (χ0) is 18.5. The molecular formula is C24H19ClNOP. The molecule has 28 heavy (non-hydrogen) atoms. The van der Waals surface area contributed by atoms with Crippen molar-refractivity contribution in [3.63, 3.8) is 0 Å². The van der Waals surface area contributed by atoms with Crippen LogP contribution in [0.5, 0.6) is 0 Å². The van der Waals surface area contributed by atoms with Gasteiger partial charge in [-0.05, 0) is 48.5 Å². The van der Waals surface area contributed by atoms with Crippen molar-refractivity contribution in [2.45, 2.75) is 0 Å². The van der Waals surface area contributed by atoms with Gasteiger partial charge in [-0.15, -0.1) is 0 Å². The molecule has 0 amide bonds. The summed E-state index contributed by atoms with van der Waals surface area (Å²) in [6.07, 6.45) is 1.68. The smallest absolute Gasteiger partial charge is 0.331 e. The molecule has 0 aliphatic carbocycles. The lowest BCUT2D eigenvalue weighted by Crippen LogP contribution is -3.00. The second-order valence-corrected chi connectivity index (χ2v) is 9.49. The molecule has 2 nitrogen and oxygen atoms in total. The molecule has 0 unspecified atom stereocenters. The van der Waals surface area contributed by atoms with Crippen LogP contribution >= 0.6 is 7.26 Å². The Bertz CT molecular complexity index is 929.